The average Bonchev–Trinajstić information content (AvgIpc) is 2.91. The van der Waals surface area contributed by atoms with Gasteiger partial charge in [0, 0.05) is 19.0 Å². The minimum absolute atomic E-state index is 0.782. The first kappa shape index (κ1) is 17.6. The maximum atomic E-state index is 5.61. The van der Waals surface area contributed by atoms with E-state index in [1.165, 1.54) is 16.0 Å². The molecule has 4 nitrogen and oxygen atoms in total. The van der Waals surface area contributed by atoms with Crippen molar-refractivity contribution in [3.8, 4) is 0 Å². The second-order valence-electron chi connectivity index (χ2n) is 6.34. The summed E-state index contributed by atoms with van der Waals surface area (Å²) in [7, 11) is 2.01. The fourth-order valence-corrected chi connectivity index (χ4v) is 3.17. The second-order valence-corrected chi connectivity index (χ2v) is 6.71. The lowest BCUT2D eigenvalue weighted by Crippen LogP contribution is -3.09. The van der Waals surface area contributed by atoms with Crippen LogP contribution in [-0.2, 0) is 26.7 Å². The highest BCUT2D eigenvalue weighted by Crippen LogP contribution is 2.07. The molecule has 130 valence electrons. The van der Waals surface area contributed by atoms with Gasteiger partial charge in [0.15, 0.2) is 6.67 Å². The predicted octanol–water partition coefficient (Wildman–Crippen LogP) is 2.60. The van der Waals surface area contributed by atoms with Gasteiger partial charge in [0.25, 0.3) is 0 Å². The molecule has 0 saturated carbocycles. The zero-order valence-corrected chi connectivity index (χ0v) is 15.7. The summed E-state index contributed by atoms with van der Waals surface area (Å²) in [5.74, 6) is 1.01. The number of hydrogen-bond acceptors (Lipinski definition) is 2. The molecule has 0 saturated heterocycles. The van der Waals surface area contributed by atoms with Gasteiger partial charge in [-0.2, -0.15) is 9.78 Å². The minimum Gasteiger partial charge on any atom is -0.313 e. The van der Waals surface area contributed by atoms with Crippen LogP contribution in [0.15, 0.2) is 60.7 Å². The molecule has 0 aliphatic rings. The Morgan fingerprint density at radius 1 is 0.960 bits per heavy atom. The van der Waals surface area contributed by atoms with Crippen molar-refractivity contribution >= 4 is 12.2 Å². The molecule has 0 aliphatic carbocycles. The molecule has 3 aromatic rings. The summed E-state index contributed by atoms with van der Waals surface area (Å²) in [6.45, 7) is 4.99. The second kappa shape index (κ2) is 8.23. The van der Waals surface area contributed by atoms with Gasteiger partial charge in [-0.1, -0.05) is 60.7 Å². The van der Waals surface area contributed by atoms with Crippen molar-refractivity contribution in [2.24, 2.45) is 7.05 Å². The third kappa shape index (κ3) is 4.44. The molecule has 3 rings (SSSR count). The van der Waals surface area contributed by atoms with E-state index in [-0.39, 0.29) is 0 Å². The van der Waals surface area contributed by atoms with E-state index in [2.05, 4.69) is 61.5 Å². The fourth-order valence-electron chi connectivity index (χ4n) is 2.96. The number of quaternary nitrogens is 1. The minimum atomic E-state index is 0.782. The SMILES string of the molecule is CC[NH+](Cc1ccccc1)Cn1nc(Cc2ccccc2)n(C)c1=S. The summed E-state index contributed by atoms with van der Waals surface area (Å²) in [6, 6.07) is 21.0. The van der Waals surface area contributed by atoms with Gasteiger partial charge < -0.3 is 9.47 Å². The van der Waals surface area contributed by atoms with Crippen LogP contribution in [0.4, 0.5) is 0 Å². The van der Waals surface area contributed by atoms with Crippen molar-refractivity contribution in [1.82, 2.24) is 14.3 Å². The van der Waals surface area contributed by atoms with Crippen LogP contribution < -0.4 is 4.90 Å². The van der Waals surface area contributed by atoms with Gasteiger partial charge in [0.1, 0.15) is 12.4 Å². The van der Waals surface area contributed by atoms with Crippen molar-refractivity contribution in [2.75, 3.05) is 6.54 Å². The lowest BCUT2D eigenvalue weighted by atomic mass is 10.1. The fraction of sp³-hybridized carbons (Fsp3) is 0.300. The lowest BCUT2D eigenvalue weighted by molar-refractivity contribution is -0.935. The quantitative estimate of drug-likeness (QED) is 0.661. The summed E-state index contributed by atoms with van der Waals surface area (Å²) < 4.78 is 4.78. The molecule has 1 atom stereocenters. The van der Waals surface area contributed by atoms with E-state index in [9.17, 15) is 0 Å². The number of aromatic nitrogens is 3. The Hall–Kier alpha value is -2.24. The summed E-state index contributed by atoms with van der Waals surface area (Å²) in [5, 5.41) is 4.79. The summed E-state index contributed by atoms with van der Waals surface area (Å²) in [5.41, 5.74) is 2.59. The smallest absolute Gasteiger partial charge is 0.202 e. The van der Waals surface area contributed by atoms with Crippen LogP contribution in [0.25, 0.3) is 0 Å². The van der Waals surface area contributed by atoms with Gasteiger partial charge in [-0.15, -0.1) is 0 Å². The lowest BCUT2D eigenvalue weighted by Gasteiger charge is -2.17. The molecule has 0 spiro atoms. The van der Waals surface area contributed by atoms with Crippen LogP contribution in [0.3, 0.4) is 0 Å². The Balaban J connectivity index is 1.75. The van der Waals surface area contributed by atoms with E-state index in [1.807, 2.05) is 22.4 Å². The molecule has 0 fully saturated rings. The van der Waals surface area contributed by atoms with E-state index in [0.717, 1.165) is 36.8 Å². The predicted molar refractivity (Wildman–Crippen MR) is 103 cm³/mol. The average molecular weight is 354 g/mol. The maximum absolute atomic E-state index is 5.61. The van der Waals surface area contributed by atoms with Gasteiger partial charge >= 0.3 is 0 Å². The maximum Gasteiger partial charge on any atom is 0.202 e. The Bertz CT molecular complexity index is 852. The highest BCUT2D eigenvalue weighted by Gasteiger charge is 2.13. The van der Waals surface area contributed by atoms with Gasteiger partial charge in [0.2, 0.25) is 4.77 Å². The van der Waals surface area contributed by atoms with Crippen LogP contribution in [0.1, 0.15) is 23.9 Å². The molecule has 2 aromatic carbocycles. The molecule has 0 aliphatic heterocycles. The standard InChI is InChI=1S/C20H24N4S/c1-3-23(15-18-12-8-5-9-13-18)16-24-20(25)22(2)19(21-24)14-17-10-6-4-7-11-17/h4-13H,3,14-16H2,1-2H3/p+1. The van der Waals surface area contributed by atoms with E-state index >= 15 is 0 Å². The number of nitrogens with zero attached hydrogens (tertiary/aromatic N) is 3. The first-order valence-electron chi connectivity index (χ1n) is 8.71. The first-order chi connectivity index (χ1) is 12.2. The number of hydrogen-bond donors (Lipinski definition) is 1. The highest BCUT2D eigenvalue weighted by atomic mass is 32.1. The molecule has 5 heteroatoms. The van der Waals surface area contributed by atoms with Crippen LogP contribution in [-0.4, -0.2) is 20.9 Å². The van der Waals surface area contributed by atoms with Gasteiger partial charge in [-0.25, -0.2) is 0 Å². The molecule has 1 heterocycles. The largest absolute Gasteiger partial charge is 0.313 e. The van der Waals surface area contributed by atoms with Crippen molar-refractivity contribution in [1.29, 1.82) is 0 Å². The molecule has 1 aromatic heterocycles. The molecule has 0 amide bonds. The Labute approximate surface area is 154 Å². The third-order valence-corrected chi connectivity index (χ3v) is 4.99. The van der Waals surface area contributed by atoms with Crippen molar-refractivity contribution < 1.29 is 4.90 Å². The zero-order valence-electron chi connectivity index (χ0n) is 14.9. The van der Waals surface area contributed by atoms with Crippen molar-refractivity contribution in [3.05, 3.63) is 82.4 Å². The van der Waals surface area contributed by atoms with Crippen molar-refractivity contribution in [2.45, 2.75) is 26.6 Å². The molecule has 0 radical (unpaired) electrons. The summed E-state index contributed by atoms with van der Waals surface area (Å²) in [4.78, 5) is 1.44. The normalized spacial score (nSPS) is 12.2. The summed E-state index contributed by atoms with van der Waals surface area (Å²) in [6.07, 6.45) is 0.800. The van der Waals surface area contributed by atoms with E-state index < -0.39 is 0 Å². The number of benzene rings is 2. The third-order valence-electron chi connectivity index (χ3n) is 4.51. The Morgan fingerprint density at radius 3 is 2.16 bits per heavy atom. The van der Waals surface area contributed by atoms with E-state index in [1.54, 1.807) is 0 Å². The zero-order chi connectivity index (χ0) is 17.6. The molecule has 1 unspecified atom stereocenters. The monoisotopic (exact) mass is 353 g/mol. The Kier molecular flexibility index (Phi) is 5.79. The van der Waals surface area contributed by atoms with Gasteiger partial charge in [-0.3, -0.25) is 0 Å². The molecule has 25 heavy (non-hydrogen) atoms. The van der Waals surface area contributed by atoms with Crippen LogP contribution in [0, 0.1) is 4.77 Å². The Morgan fingerprint density at radius 2 is 1.56 bits per heavy atom. The molecular formula is C20H25N4S+. The molecular weight excluding hydrogens is 328 g/mol. The number of nitrogens with one attached hydrogen (secondary N) is 1. The van der Waals surface area contributed by atoms with Crippen molar-refractivity contribution in [3.63, 3.8) is 0 Å². The van der Waals surface area contributed by atoms with Gasteiger partial charge in [0.05, 0.1) is 6.54 Å². The van der Waals surface area contributed by atoms with E-state index in [0.29, 0.717) is 0 Å². The van der Waals surface area contributed by atoms with Crippen LogP contribution in [0.2, 0.25) is 0 Å². The summed E-state index contributed by atoms with van der Waals surface area (Å²) >= 11 is 5.61. The topological polar surface area (TPSA) is 27.2 Å². The number of rotatable bonds is 7. The molecule has 1 N–H and O–H groups in total. The first-order valence-corrected chi connectivity index (χ1v) is 9.12. The van der Waals surface area contributed by atoms with E-state index in [4.69, 9.17) is 17.3 Å². The highest BCUT2D eigenvalue weighted by molar-refractivity contribution is 7.71. The van der Waals surface area contributed by atoms with Crippen LogP contribution >= 0.6 is 12.2 Å². The van der Waals surface area contributed by atoms with Crippen LogP contribution in [0.5, 0.6) is 0 Å². The molecule has 0 bridgehead atoms. The van der Waals surface area contributed by atoms with Gasteiger partial charge in [-0.05, 0) is 24.7 Å².